The van der Waals surface area contributed by atoms with E-state index in [4.69, 9.17) is 23.2 Å². The van der Waals surface area contributed by atoms with Crippen molar-refractivity contribution in [1.82, 2.24) is 9.78 Å². The van der Waals surface area contributed by atoms with Crippen LogP contribution in [0.1, 0.15) is 25.3 Å². The van der Waals surface area contributed by atoms with Gasteiger partial charge in [-0.05, 0) is 43.2 Å². The smallest absolute Gasteiger partial charge is 0.744 e. The normalized spacial score (nSPS) is 13.6. The molecule has 1 amide bonds. The Balaban J connectivity index is 0.00000308. The van der Waals surface area contributed by atoms with Crippen molar-refractivity contribution >= 4 is 68.1 Å². The third kappa shape index (κ3) is 8.91. The first-order valence-corrected chi connectivity index (χ1v) is 13.8. The summed E-state index contributed by atoms with van der Waals surface area (Å²) in [4.78, 5) is 24.4. The molecule has 1 fully saturated rings. The van der Waals surface area contributed by atoms with Crippen LogP contribution >= 0.6 is 23.2 Å². The summed E-state index contributed by atoms with van der Waals surface area (Å²) in [6, 6.07) is 8.73. The number of carboxylic acid groups (broad SMARTS) is 1. The molecule has 4 rings (SSSR count). The van der Waals surface area contributed by atoms with Gasteiger partial charge in [-0.3, -0.25) is 4.79 Å². The number of nitrogens with zero attached hydrogens (tertiary/aromatic N) is 6. The minimum atomic E-state index is -4.85. The van der Waals surface area contributed by atoms with E-state index in [1.54, 1.807) is 18.2 Å². The van der Waals surface area contributed by atoms with Crippen molar-refractivity contribution in [2.75, 3.05) is 23.3 Å². The molecule has 0 aliphatic carbocycles. The summed E-state index contributed by atoms with van der Waals surface area (Å²) in [5.74, 6) is -2.06. The number of piperidine rings is 1. The number of amides is 1. The third-order valence-corrected chi connectivity index (χ3v) is 7.48. The number of aromatic nitrogens is 2. The molecule has 1 aliphatic heterocycles. The standard InChI is InChI=1S/C24H21Cl2N7O6S.2K/c1-13(34)29-21-8-16(32-6-4-14(5-7-32)24(35)36)2-3-20(21)30-31-23-15(11-27)12-28-33(23)22-18(25)9-17(10-19(22)26)40(37,38)39;;/h2-3,8-10,12,14H,4-7H2,1H3,(H,29,34)(H,35,36)(H,37,38,39);;/q;2*+1/p-2. The molecule has 0 unspecified atom stereocenters. The summed E-state index contributed by atoms with van der Waals surface area (Å²) >= 11 is 12.4. The number of halogens is 2. The molecule has 3 aromatic rings. The van der Waals surface area contributed by atoms with Crippen LogP contribution in [-0.2, 0) is 19.7 Å². The number of nitriles is 1. The summed E-state index contributed by atoms with van der Waals surface area (Å²) in [6.07, 6.45) is 2.02. The van der Waals surface area contributed by atoms with E-state index in [9.17, 15) is 32.9 Å². The number of carbonyl (C=O) groups excluding carboxylic acids is 2. The summed E-state index contributed by atoms with van der Waals surface area (Å²) in [5, 5.41) is 35.4. The van der Waals surface area contributed by atoms with Crippen molar-refractivity contribution in [2.24, 2.45) is 16.1 Å². The maximum atomic E-state index is 11.9. The monoisotopic (exact) mass is 681 g/mol. The molecule has 0 saturated carbocycles. The number of nitrogens with one attached hydrogen (secondary N) is 1. The average molecular weight is 683 g/mol. The third-order valence-electron chi connectivity index (χ3n) is 6.09. The zero-order valence-corrected chi connectivity index (χ0v) is 31.2. The Kier molecular flexibility index (Phi) is 14.3. The second-order valence-corrected chi connectivity index (χ2v) is 11.0. The van der Waals surface area contributed by atoms with Crippen LogP contribution in [0.15, 0.2) is 51.7 Å². The predicted molar refractivity (Wildman–Crippen MR) is 141 cm³/mol. The van der Waals surface area contributed by atoms with E-state index in [2.05, 4.69) is 20.6 Å². The molecule has 2 aromatic carbocycles. The van der Waals surface area contributed by atoms with Crippen LogP contribution in [0.5, 0.6) is 0 Å². The van der Waals surface area contributed by atoms with Gasteiger partial charge in [0, 0.05) is 37.6 Å². The average Bonchev–Trinajstić information content (AvgIpc) is 3.29. The number of hydrogen-bond donors (Lipinski definition) is 1. The van der Waals surface area contributed by atoms with Crippen molar-refractivity contribution in [3.05, 3.63) is 52.1 Å². The molecule has 0 bridgehead atoms. The minimum absolute atomic E-state index is 0. The molecular formula is C24H19Cl2K2N7O6S. The first-order chi connectivity index (χ1) is 18.9. The van der Waals surface area contributed by atoms with Gasteiger partial charge in [-0.25, -0.2) is 13.1 Å². The van der Waals surface area contributed by atoms with Gasteiger partial charge in [0.15, 0.2) is 5.82 Å². The van der Waals surface area contributed by atoms with Gasteiger partial charge >= 0.3 is 103 Å². The second kappa shape index (κ2) is 16.0. The molecule has 2 heterocycles. The minimum Gasteiger partial charge on any atom is -0.744 e. The summed E-state index contributed by atoms with van der Waals surface area (Å²) in [7, 11) is -4.85. The Labute approximate surface area is 336 Å². The molecule has 0 radical (unpaired) electrons. The van der Waals surface area contributed by atoms with E-state index >= 15 is 0 Å². The summed E-state index contributed by atoms with van der Waals surface area (Å²) in [5.41, 5.74) is 1.20. The van der Waals surface area contributed by atoms with Crippen LogP contribution in [0.4, 0.5) is 22.9 Å². The fourth-order valence-electron chi connectivity index (χ4n) is 4.14. The fourth-order valence-corrected chi connectivity index (χ4v) is 5.44. The molecule has 208 valence electrons. The van der Waals surface area contributed by atoms with Crippen molar-refractivity contribution in [3.63, 3.8) is 0 Å². The molecule has 1 aliphatic rings. The van der Waals surface area contributed by atoms with Crippen LogP contribution in [0.25, 0.3) is 5.69 Å². The van der Waals surface area contributed by atoms with Gasteiger partial charge in [0.25, 0.3) is 0 Å². The number of hydrogen-bond acceptors (Lipinski definition) is 11. The van der Waals surface area contributed by atoms with E-state index in [1.807, 2.05) is 11.0 Å². The Morgan fingerprint density at radius 2 is 1.74 bits per heavy atom. The molecule has 13 nitrogen and oxygen atoms in total. The maximum absolute atomic E-state index is 11.9. The molecule has 1 saturated heterocycles. The van der Waals surface area contributed by atoms with Gasteiger partial charge in [-0.1, -0.05) is 23.2 Å². The van der Waals surface area contributed by atoms with Crippen LogP contribution in [-0.4, -0.2) is 47.7 Å². The zero-order valence-electron chi connectivity index (χ0n) is 22.7. The van der Waals surface area contributed by atoms with E-state index in [0.29, 0.717) is 31.6 Å². The fraction of sp³-hybridized carbons (Fsp3) is 0.250. The van der Waals surface area contributed by atoms with Crippen LogP contribution in [0.2, 0.25) is 10.0 Å². The molecular weight excluding hydrogens is 663 g/mol. The summed E-state index contributed by atoms with van der Waals surface area (Å²) in [6.45, 7) is 2.28. The van der Waals surface area contributed by atoms with Gasteiger partial charge in [0.05, 0.1) is 26.8 Å². The van der Waals surface area contributed by atoms with Crippen molar-refractivity contribution in [1.29, 1.82) is 5.26 Å². The van der Waals surface area contributed by atoms with Gasteiger partial charge in [0.1, 0.15) is 33.1 Å². The van der Waals surface area contributed by atoms with Crippen LogP contribution in [0, 0.1) is 17.2 Å². The van der Waals surface area contributed by atoms with E-state index in [-0.39, 0.29) is 141 Å². The molecule has 0 atom stereocenters. The zero-order chi connectivity index (χ0) is 29.2. The molecule has 1 aromatic heterocycles. The van der Waals surface area contributed by atoms with E-state index < -0.39 is 26.9 Å². The Hall–Kier alpha value is -0.757. The number of anilines is 2. The Morgan fingerprint density at radius 3 is 2.26 bits per heavy atom. The van der Waals surface area contributed by atoms with Crippen molar-refractivity contribution in [2.45, 2.75) is 24.7 Å². The molecule has 42 heavy (non-hydrogen) atoms. The number of rotatable bonds is 7. The predicted octanol–water partition coefficient (Wildman–Crippen LogP) is -2.70. The Bertz CT molecular complexity index is 1660. The van der Waals surface area contributed by atoms with Crippen molar-refractivity contribution < 1.29 is 130 Å². The van der Waals surface area contributed by atoms with Gasteiger partial charge < -0.3 is 24.7 Å². The van der Waals surface area contributed by atoms with Gasteiger partial charge in [-0.2, -0.15) is 10.4 Å². The first-order valence-electron chi connectivity index (χ1n) is 11.6. The largest absolute Gasteiger partial charge is 1.00 e. The number of carboxylic acids is 1. The van der Waals surface area contributed by atoms with Gasteiger partial charge in [0.2, 0.25) is 5.91 Å². The first kappa shape index (κ1) is 37.4. The second-order valence-electron chi connectivity index (χ2n) is 8.76. The molecule has 0 spiro atoms. The van der Waals surface area contributed by atoms with Crippen molar-refractivity contribution in [3.8, 4) is 11.8 Å². The van der Waals surface area contributed by atoms with Crippen LogP contribution in [0.3, 0.4) is 0 Å². The summed E-state index contributed by atoms with van der Waals surface area (Å²) < 4.78 is 35.3. The maximum Gasteiger partial charge on any atom is 1.00 e. The number of aliphatic carboxylic acids is 1. The van der Waals surface area contributed by atoms with Gasteiger partial charge in [-0.15, -0.1) is 10.2 Å². The van der Waals surface area contributed by atoms with E-state index in [1.165, 1.54) is 13.1 Å². The van der Waals surface area contributed by atoms with Crippen LogP contribution < -0.4 is 118 Å². The Morgan fingerprint density at radius 1 is 1.12 bits per heavy atom. The SMILES string of the molecule is CC(=O)Nc1cc(N2CCC(C(=O)[O-])CC2)ccc1N=Nc1c(C#N)cnn1-c1c(Cl)cc(S(=O)(=O)[O-])cc1Cl.[K+].[K+]. The number of carbonyl (C=O) groups is 2. The number of azo groups is 1. The molecule has 1 N–H and O–H groups in total. The number of benzene rings is 2. The molecule has 18 heteroatoms. The topological polar surface area (TPSA) is 196 Å². The van der Waals surface area contributed by atoms with E-state index in [0.717, 1.165) is 22.5 Å². The quantitative estimate of drug-likeness (QED) is 0.157.